The van der Waals surface area contributed by atoms with Crippen molar-refractivity contribution in [2.75, 3.05) is 13.7 Å². The number of hydrogen-bond acceptors (Lipinski definition) is 5. The number of aromatic nitrogens is 1. The first-order chi connectivity index (χ1) is 18.8. The molecule has 2 atom stereocenters. The summed E-state index contributed by atoms with van der Waals surface area (Å²) in [6.07, 6.45) is -1.26. The molecule has 1 amide bonds. The Morgan fingerprint density at radius 2 is 1.80 bits per heavy atom. The summed E-state index contributed by atoms with van der Waals surface area (Å²) >= 11 is 1.42. The van der Waals surface area contributed by atoms with Gasteiger partial charge >= 0.3 is 6.18 Å². The molecule has 5 nitrogen and oxygen atoms in total. The summed E-state index contributed by atoms with van der Waals surface area (Å²) in [6.45, 7) is 8.83. The highest BCUT2D eigenvalue weighted by Crippen LogP contribution is 2.52. The van der Waals surface area contributed by atoms with Crippen LogP contribution in [0.15, 0.2) is 53.9 Å². The lowest BCUT2D eigenvalue weighted by Gasteiger charge is -2.39. The molecule has 1 saturated heterocycles. The number of carbonyl (C=O) groups is 1. The Morgan fingerprint density at radius 3 is 2.50 bits per heavy atom. The molecule has 2 unspecified atom stereocenters. The summed E-state index contributed by atoms with van der Waals surface area (Å²) in [5.74, 6) is 0.716. The SMILES string of the molecule is COc1ccc(CN(Cc2cccc(C(F)(F)F)c2)Cc2nc(C(=O)N3CC4(C)CC3CC(C)(C)C4)cs2)cc1. The van der Waals surface area contributed by atoms with Crippen molar-refractivity contribution in [2.45, 2.75) is 71.9 Å². The van der Waals surface area contributed by atoms with E-state index in [9.17, 15) is 18.0 Å². The number of alkyl halides is 3. The first-order valence-corrected chi connectivity index (χ1v) is 14.5. The van der Waals surface area contributed by atoms with Gasteiger partial charge in [-0.25, -0.2) is 4.98 Å². The molecule has 214 valence electrons. The molecule has 2 bridgehead atoms. The van der Waals surface area contributed by atoms with Gasteiger partial charge in [-0.2, -0.15) is 13.2 Å². The van der Waals surface area contributed by atoms with Crippen LogP contribution in [0.5, 0.6) is 5.75 Å². The highest BCUT2D eigenvalue weighted by molar-refractivity contribution is 7.09. The van der Waals surface area contributed by atoms with Crippen molar-refractivity contribution >= 4 is 17.2 Å². The van der Waals surface area contributed by atoms with Gasteiger partial charge in [0.05, 0.1) is 19.2 Å². The summed E-state index contributed by atoms with van der Waals surface area (Å²) in [7, 11) is 1.60. The molecule has 1 aliphatic carbocycles. The van der Waals surface area contributed by atoms with Crippen LogP contribution in [-0.2, 0) is 25.8 Å². The molecule has 40 heavy (non-hydrogen) atoms. The number of ether oxygens (including phenoxy) is 1. The van der Waals surface area contributed by atoms with E-state index in [1.165, 1.54) is 23.5 Å². The minimum atomic E-state index is -4.40. The van der Waals surface area contributed by atoms with Gasteiger partial charge in [-0.1, -0.05) is 51.1 Å². The lowest BCUT2D eigenvalue weighted by Crippen LogP contribution is -2.37. The average molecular weight is 572 g/mol. The summed E-state index contributed by atoms with van der Waals surface area (Å²) in [5, 5.41) is 2.58. The Balaban J connectivity index is 1.34. The Kier molecular flexibility index (Phi) is 7.74. The zero-order valence-corrected chi connectivity index (χ0v) is 24.2. The summed E-state index contributed by atoms with van der Waals surface area (Å²) in [6, 6.07) is 13.3. The second-order valence-electron chi connectivity index (χ2n) is 12.5. The number of methoxy groups -OCH3 is 1. The number of hydrogen-bond donors (Lipinski definition) is 0. The minimum absolute atomic E-state index is 0.0199. The molecule has 0 radical (unpaired) electrons. The normalized spacial score (nSPS) is 22.1. The molecule has 2 heterocycles. The van der Waals surface area contributed by atoms with Gasteiger partial charge in [-0.15, -0.1) is 11.3 Å². The number of benzene rings is 2. The van der Waals surface area contributed by atoms with E-state index in [1.807, 2.05) is 34.5 Å². The van der Waals surface area contributed by atoms with Crippen molar-refractivity contribution in [3.05, 3.63) is 81.3 Å². The Labute approximate surface area is 238 Å². The number of nitrogens with zero attached hydrogens (tertiary/aromatic N) is 3. The van der Waals surface area contributed by atoms with E-state index in [4.69, 9.17) is 9.72 Å². The standard InChI is InChI=1S/C31H36F3N3O2S/c1-29(2)13-24-14-30(3,19-29)20-37(24)28(38)26-18-40-27(35-26)17-36(15-21-8-10-25(39-4)11-9-21)16-22-6-5-7-23(12-22)31(32,33)34/h5-12,18,24H,13-17,19-20H2,1-4H3. The third-order valence-electron chi connectivity index (χ3n) is 8.03. The lowest BCUT2D eigenvalue weighted by atomic mass is 9.65. The molecular weight excluding hydrogens is 535 g/mol. The third-order valence-corrected chi connectivity index (χ3v) is 8.86. The molecule has 9 heteroatoms. The number of rotatable bonds is 8. The summed E-state index contributed by atoms with van der Waals surface area (Å²) in [5.41, 5.74) is 1.71. The molecular formula is C31H36F3N3O2S. The number of thiazole rings is 1. The highest BCUT2D eigenvalue weighted by atomic mass is 32.1. The number of carbonyl (C=O) groups excluding carboxylic acids is 1. The van der Waals surface area contributed by atoms with Crippen LogP contribution < -0.4 is 4.74 Å². The van der Waals surface area contributed by atoms with Gasteiger partial charge < -0.3 is 9.64 Å². The van der Waals surface area contributed by atoms with Gasteiger partial charge in [-0.05, 0) is 59.4 Å². The van der Waals surface area contributed by atoms with Gasteiger partial charge in [0.15, 0.2) is 0 Å². The van der Waals surface area contributed by atoms with Gasteiger partial charge in [0.2, 0.25) is 0 Å². The van der Waals surface area contributed by atoms with Crippen molar-refractivity contribution in [2.24, 2.45) is 10.8 Å². The molecule has 0 N–H and O–H groups in total. The second-order valence-corrected chi connectivity index (χ2v) is 13.4. The number of fused-ring (bicyclic) bond motifs is 2. The molecule has 5 rings (SSSR count). The molecule has 2 aliphatic rings. The molecule has 1 aliphatic heterocycles. The Bertz CT molecular complexity index is 1350. The van der Waals surface area contributed by atoms with Crippen LogP contribution in [0, 0.1) is 10.8 Å². The van der Waals surface area contributed by atoms with Crippen LogP contribution in [0.2, 0.25) is 0 Å². The van der Waals surface area contributed by atoms with E-state index in [-0.39, 0.29) is 22.8 Å². The molecule has 1 saturated carbocycles. The molecule has 2 aromatic carbocycles. The van der Waals surface area contributed by atoms with Crippen LogP contribution >= 0.6 is 11.3 Å². The Hall–Kier alpha value is -2.91. The lowest BCUT2D eigenvalue weighted by molar-refractivity contribution is -0.137. The van der Waals surface area contributed by atoms with Crippen LogP contribution in [-0.4, -0.2) is 40.4 Å². The van der Waals surface area contributed by atoms with Crippen LogP contribution in [0.25, 0.3) is 0 Å². The van der Waals surface area contributed by atoms with E-state index < -0.39 is 11.7 Å². The first kappa shape index (κ1) is 28.6. The maximum atomic E-state index is 13.6. The fraction of sp³-hybridized carbons (Fsp3) is 0.484. The molecule has 3 aromatic rings. The summed E-state index contributed by atoms with van der Waals surface area (Å²) in [4.78, 5) is 22.3. The van der Waals surface area contributed by atoms with Gasteiger partial charge in [0.25, 0.3) is 5.91 Å². The zero-order valence-electron chi connectivity index (χ0n) is 23.4. The predicted octanol–water partition coefficient (Wildman–Crippen LogP) is 7.41. The van der Waals surface area contributed by atoms with Crippen LogP contribution in [0.3, 0.4) is 0 Å². The van der Waals surface area contributed by atoms with Gasteiger partial charge in [0, 0.05) is 31.1 Å². The van der Waals surface area contributed by atoms with Crippen molar-refractivity contribution in [1.82, 2.24) is 14.8 Å². The second kappa shape index (κ2) is 10.8. The van der Waals surface area contributed by atoms with E-state index in [1.54, 1.807) is 13.2 Å². The van der Waals surface area contributed by atoms with Gasteiger partial charge in [0.1, 0.15) is 16.5 Å². The minimum Gasteiger partial charge on any atom is -0.497 e. The fourth-order valence-corrected chi connectivity index (χ4v) is 7.59. The molecule has 1 aromatic heterocycles. The van der Waals surface area contributed by atoms with Crippen molar-refractivity contribution in [1.29, 1.82) is 0 Å². The van der Waals surface area contributed by atoms with Crippen molar-refractivity contribution < 1.29 is 22.7 Å². The maximum Gasteiger partial charge on any atom is 0.416 e. The smallest absolute Gasteiger partial charge is 0.416 e. The van der Waals surface area contributed by atoms with E-state index in [0.29, 0.717) is 30.9 Å². The van der Waals surface area contributed by atoms with Crippen LogP contribution in [0.1, 0.15) is 72.2 Å². The molecule has 0 spiro atoms. The van der Waals surface area contributed by atoms with E-state index in [2.05, 4.69) is 25.7 Å². The zero-order chi connectivity index (χ0) is 28.7. The first-order valence-electron chi connectivity index (χ1n) is 13.6. The topological polar surface area (TPSA) is 45.7 Å². The predicted molar refractivity (Wildman–Crippen MR) is 150 cm³/mol. The number of halogens is 3. The average Bonchev–Trinajstić information content (AvgIpc) is 3.44. The fourth-order valence-electron chi connectivity index (χ4n) is 6.78. The quantitative estimate of drug-likeness (QED) is 0.282. The Morgan fingerprint density at radius 1 is 1.07 bits per heavy atom. The molecule has 2 fully saturated rings. The third kappa shape index (κ3) is 6.52. The van der Waals surface area contributed by atoms with Crippen molar-refractivity contribution in [3.63, 3.8) is 0 Å². The van der Waals surface area contributed by atoms with E-state index in [0.717, 1.165) is 48.2 Å². The van der Waals surface area contributed by atoms with E-state index >= 15 is 0 Å². The summed E-state index contributed by atoms with van der Waals surface area (Å²) < 4.78 is 45.3. The number of amides is 1. The van der Waals surface area contributed by atoms with Crippen LogP contribution in [0.4, 0.5) is 13.2 Å². The number of likely N-dealkylation sites (tertiary alicyclic amines) is 1. The highest BCUT2D eigenvalue weighted by Gasteiger charge is 2.51. The monoisotopic (exact) mass is 571 g/mol. The largest absolute Gasteiger partial charge is 0.497 e. The maximum absolute atomic E-state index is 13.6. The van der Waals surface area contributed by atoms with Gasteiger partial charge in [-0.3, -0.25) is 9.69 Å². The van der Waals surface area contributed by atoms with Crippen molar-refractivity contribution in [3.8, 4) is 5.75 Å².